The highest BCUT2D eigenvalue weighted by Crippen LogP contribution is 2.41. The van der Waals surface area contributed by atoms with Crippen LogP contribution in [0.2, 0.25) is 0 Å². The van der Waals surface area contributed by atoms with Crippen LogP contribution in [-0.4, -0.2) is 45.7 Å². The minimum Gasteiger partial charge on any atom is -0.466 e. The molecule has 9 nitrogen and oxygen atoms in total. The summed E-state index contributed by atoms with van der Waals surface area (Å²) in [7, 11) is 0. The van der Waals surface area contributed by atoms with Crippen LogP contribution in [-0.2, 0) is 14.3 Å². The Morgan fingerprint density at radius 1 is 1.26 bits per heavy atom. The molecule has 1 aromatic heterocycles. The fraction of sp³-hybridized carbons (Fsp3) is 0.320. The molecule has 0 saturated carbocycles. The van der Waals surface area contributed by atoms with Crippen LogP contribution >= 0.6 is 27.7 Å². The number of nitrogens with two attached hydrogens (primary N) is 2. The van der Waals surface area contributed by atoms with Crippen LogP contribution in [0.5, 0.6) is 0 Å². The van der Waals surface area contributed by atoms with E-state index >= 15 is 8.78 Å². The number of guanidine groups is 1. The van der Waals surface area contributed by atoms with Crippen LogP contribution in [0.1, 0.15) is 31.7 Å². The van der Waals surface area contributed by atoms with E-state index in [2.05, 4.69) is 32.0 Å². The number of imidazole rings is 1. The van der Waals surface area contributed by atoms with Gasteiger partial charge in [-0.1, -0.05) is 24.3 Å². The zero-order valence-corrected chi connectivity index (χ0v) is 22.8. The summed E-state index contributed by atoms with van der Waals surface area (Å²) in [5, 5.41) is 6.69. The molecule has 0 aliphatic carbocycles. The van der Waals surface area contributed by atoms with Crippen LogP contribution in [0.15, 0.2) is 57.3 Å². The summed E-state index contributed by atoms with van der Waals surface area (Å²) in [5.41, 5.74) is 11.5. The number of aliphatic imine (C=N–C) groups is 1. The zero-order valence-electron chi connectivity index (χ0n) is 20.4. The molecule has 0 aliphatic rings. The van der Waals surface area contributed by atoms with Crippen LogP contribution in [0.3, 0.4) is 0 Å². The molecular weight excluding hydrogens is 582 g/mol. The molecule has 4 N–H and O–H groups in total. The van der Waals surface area contributed by atoms with Crippen molar-refractivity contribution >= 4 is 56.2 Å². The number of benzene rings is 2. The van der Waals surface area contributed by atoms with Gasteiger partial charge in [-0.2, -0.15) is 14.0 Å². The second kappa shape index (κ2) is 12.8. The lowest BCUT2D eigenvalue weighted by Crippen LogP contribution is -2.30. The number of thioether (sulfide) groups is 1. The van der Waals surface area contributed by atoms with E-state index in [1.54, 1.807) is 43.3 Å². The van der Waals surface area contributed by atoms with E-state index in [-0.39, 0.29) is 42.5 Å². The Bertz CT molecular complexity index is 1400. The molecule has 1 atom stereocenters. The van der Waals surface area contributed by atoms with E-state index in [1.165, 1.54) is 10.8 Å². The molecule has 0 fully saturated rings. The minimum absolute atomic E-state index is 0.0189. The fourth-order valence-corrected chi connectivity index (χ4v) is 5.20. The average Bonchev–Trinajstić information content (AvgIpc) is 3.23. The number of ketones is 1. The van der Waals surface area contributed by atoms with Gasteiger partial charge < -0.3 is 16.2 Å². The van der Waals surface area contributed by atoms with Gasteiger partial charge in [0.15, 0.2) is 11.1 Å². The SMILES string of the molecule is CCOC(=O)C(CCCN=C(N)N)CC(=O)C(F)(F)Sc1ncc(Br)n1-c1ccc(C#N)c2ccccc12. The predicted molar refractivity (Wildman–Crippen MR) is 144 cm³/mol. The van der Waals surface area contributed by atoms with Crippen LogP contribution < -0.4 is 11.5 Å². The zero-order chi connectivity index (χ0) is 27.9. The van der Waals surface area contributed by atoms with Crippen molar-refractivity contribution in [2.75, 3.05) is 13.2 Å². The Morgan fingerprint density at radius 3 is 2.63 bits per heavy atom. The van der Waals surface area contributed by atoms with E-state index in [4.69, 9.17) is 16.2 Å². The molecule has 200 valence electrons. The number of esters is 1. The smallest absolute Gasteiger partial charge is 0.358 e. The van der Waals surface area contributed by atoms with Gasteiger partial charge in [-0.15, -0.1) is 0 Å². The standard InChI is InChI=1S/C25H25BrF2N6O3S/c1-2-37-22(36)15(6-5-11-32-23(30)31)12-20(35)25(27,28)38-24-33-14-21(26)34(24)19-10-9-16(13-29)17-7-3-4-8-18(17)19/h3-4,7-10,14-15H,2,5-6,11-12H2,1H3,(H4,30,31,32). The molecule has 3 rings (SSSR count). The third-order valence-electron chi connectivity index (χ3n) is 5.55. The number of hydrogen-bond acceptors (Lipinski definition) is 7. The molecule has 38 heavy (non-hydrogen) atoms. The van der Waals surface area contributed by atoms with Gasteiger partial charge in [0.2, 0.25) is 5.78 Å². The molecule has 0 bridgehead atoms. The first-order chi connectivity index (χ1) is 18.1. The largest absolute Gasteiger partial charge is 0.466 e. The number of rotatable bonds is 12. The van der Waals surface area contributed by atoms with E-state index in [0.29, 0.717) is 33.0 Å². The Balaban J connectivity index is 1.86. The molecule has 0 spiro atoms. The minimum atomic E-state index is -3.89. The highest BCUT2D eigenvalue weighted by atomic mass is 79.9. The lowest BCUT2D eigenvalue weighted by molar-refractivity contribution is -0.151. The number of ether oxygens (including phenoxy) is 1. The van der Waals surface area contributed by atoms with E-state index in [1.807, 2.05) is 0 Å². The number of aromatic nitrogens is 2. The number of alkyl halides is 2. The Hall–Kier alpha value is -3.50. The van der Waals surface area contributed by atoms with Gasteiger partial charge in [-0.05, 0) is 59.6 Å². The number of Topliss-reactive ketones (excluding diaryl/α,β-unsaturated/α-hetero) is 1. The number of nitriles is 1. The number of carbonyl (C=O) groups is 2. The van der Waals surface area contributed by atoms with Crippen molar-refractivity contribution < 1.29 is 23.1 Å². The summed E-state index contributed by atoms with van der Waals surface area (Å²) in [5.74, 6) is -3.37. The van der Waals surface area contributed by atoms with E-state index < -0.39 is 29.3 Å². The molecule has 2 aromatic carbocycles. The molecule has 0 radical (unpaired) electrons. The van der Waals surface area contributed by atoms with Crippen molar-refractivity contribution in [3.05, 3.63) is 52.8 Å². The molecule has 13 heteroatoms. The Kier molecular flexibility index (Phi) is 9.82. The third kappa shape index (κ3) is 6.87. The molecule has 3 aromatic rings. The number of nitrogens with zero attached hydrogens (tertiary/aromatic N) is 4. The normalized spacial score (nSPS) is 12.1. The molecule has 0 amide bonds. The predicted octanol–water partition coefficient (Wildman–Crippen LogP) is 4.54. The molecule has 1 heterocycles. The summed E-state index contributed by atoms with van der Waals surface area (Å²) >= 11 is 3.33. The average molecular weight is 607 g/mol. The van der Waals surface area contributed by atoms with Crippen molar-refractivity contribution in [2.45, 2.75) is 36.6 Å². The number of hydrogen-bond donors (Lipinski definition) is 2. The third-order valence-corrected chi connectivity index (χ3v) is 7.06. The summed E-state index contributed by atoms with van der Waals surface area (Å²) < 4.78 is 37.3. The highest BCUT2D eigenvalue weighted by Gasteiger charge is 2.43. The molecule has 0 aliphatic heterocycles. The first kappa shape index (κ1) is 29.1. The molecule has 1 unspecified atom stereocenters. The molecular formula is C25H25BrF2N6O3S. The van der Waals surface area contributed by atoms with Crippen molar-refractivity contribution in [3.8, 4) is 11.8 Å². The maximum Gasteiger partial charge on any atom is 0.358 e. The second-order valence-corrected chi connectivity index (χ2v) is 10.0. The molecule has 0 saturated heterocycles. The van der Waals surface area contributed by atoms with Gasteiger partial charge in [-0.25, -0.2) is 4.98 Å². The summed E-state index contributed by atoms with van der Waals surface area (Å²) in [6, 6.07) is 12.4. The van der Waals surface area contributed by atoms with Gasteiger partial charge in [-0.3, -0.25) is 19.1 Å². The van der Waals surface area contributed by atoms with E-state index in [9.17, 15) is 14.9 Å². The first-order valence-corrected chi connectivity index (χ1v) is 13.2. The number of fused-ring (bicyclic) bond motifs is 1. The monoisotopic (exact) mass is 606 g/mol. The lowest BCUT2D eigenvalue weighted by Gasteiger charge is -2.19. The van der Waals surface area contributed by atoms with Gasteiger partial charge in [0.1, 0.15) is 4.60 Å². The van der Waals surface area contributed by atoms with Crippen molar-refractivity contribution in [3.63, 3.8) is 0 Å². The van der Waals surface area contributed by atoms with Gasteiger partial charge in [0, 0.05) is 23.7 Å². The topological polar surface area (TPSA) is 149 Å². The second-order valence-electron chi connectivity index (χ2n) is 8.13. The quantitative estimate of drug-likeness (QED) is 0.100. The Labute approximate surface area is 230 Å². The van der Waals surface area contributed by atoms with Crippen molar-refractivity contribution in [1.82, 2.24) is 9.55 Å². The van der Waals surface area contributed by atoms with Crippen molar-refractivity contribution in [1.29, 1.82) is 5.26 Å². The van der Waals surface area contributed by atoms with Gasteiger partial charge in [0.05, 0.1) is 36.0 Å². The van der Waals surface area contributed by atoms with Crippen molar-refractivity contribution in [2.24, 2.45) is 22.4 Å². The summed E-state index contributed by atoms with van der Waals surface area (Å²) in [4.78, 5) is 33.0. The van der Waals surface area contributed by atoms with Gasteiger partial charge >= 0.3 is 11.2 Å². The fourth-order valence-electron chi connectivity index (χ4n) is 3.80. The van der Waals surface area contributed by atoms with E-state index in [0.717, 1.165) is 0 Å². The lowest BCUT2D eigenvalue weighted by atomic mass is 9.97. The maximum absolute atomic E-state index is 15.2. The Morgan fingerprint density at radius 2 is 1.97 bits per heavy atom. The first-order valence-electron chi connectivity index (χ1n) is 11.6. The summed E-state index contributed by atoms with van der Waals surface area (Å²) in [6.07, 6.45) is 1.03. The number of halogens is 3. The van der Waals surface area contributed by atoms with Gasteiger partial charge in [0.25, 0.3) is 0 Å². The van der Waals surface area contributed by atoms with Crippen LogP contribution in [0, 0.1) is 17.2 Å². The summed E-state index contributed by atoms with van der Waals surface area (Å²) in [6.45, 7) is 1.82. The highest BCUT2D eigenvalue weighted by molar-refractivity contribution is 9.10. The number of carbonyl (C=O) groups excluding carboxylic acids is 2. The maximum atomic E-state index is 15.2. The van der Waals surface area contributed by atoms with Crippen LogP contribution in [0.4, 0.5) is 8.78 Å². The van der Waals surface area contributed by atoms with Crippen LogP contribution in [0.25, 0.3) is 16.5 Å².